The van der Waals surface area contributed by atoms with Gasteiger partial charge in [-0.2, -0.15) is 0 Å². The number of hydrogen-bond donors (Lipinski definition) is 1. The monoisotopic (exact) mass is 196 g/mol. The third kappa shape index (κ3) is 1.76. The predicted molar refractivity (Wildman–Crippen MR) is 56.0 cm³/mol. The first kappa shape index (κ1) is 9.16. The summed E-state index contributed by atoms with van der Waals surface area (Å²) < 4.78 is 0. The van der Waals surface area contributed by atoms with Gasteiger partial charge in [0.05, 0.1) is 6.04 Å². The lowest BCUT2D eigenvalue weighted by molar-refractivity contribution is 0.239. The highest BCUT2D eigenvalue weighted by atomic mass is 32.1. The van der Waals surface area contributed by atoms with Crippen molar-refractivity contribution in [2.45, 2.75) is 32.2 Å². The average Bonchev–Trinajstić information content (AvgIpc) is 2.43. The Hall–Kier alpha value is -0.410. The van der Waals surface area contributed by atoms with Crippen LogP contribution in [-0.4, -0.2) is 12.0 Å². The van der Waals surface area contributed by atoms with Crippen molar-refractivity contribution in [3.05, 3.63) is 16.1 Å². The fourth-order valence-electron chi connectivity index (χ4n) is 1.85. The van der Waals surface area contributed by atoms with Crippen molar-refractivity contribution in [2.75, 3.05) is 7.05 Å². The van der Waals surface area contributed by atoms with Crippen LogP contribution in [-0.2, 0) is 0 Å². The summed E-state index contributed by atoms with van der Waals surface area (Å²) in [5, 5.41) is 6.79. The zero-order valence-corrected chi connectivity index (χ0v) is 9.03. The van der Waals surface area contributed by atoms with Gasteiger partial charge in [-0.3, -0.25) is 0 Å². The Morgan fingerprint density at radius 3 is 2.77 bits per heavy atom. The Bertz CT molecular complexity index is 278. The first-order valence-electron chi connectivity index (χ1n) is 4.90. The maximum atomic E-state index is 4.54. The zero-order valence-electron chi connectivity index (χ0n) is 8.21. The lowest BCUT2D eigenvalue weighted by Crippen LogP contribution is -2.29. The van der Waals surface area contributed by atoms with Crippen molar-refractivity contribution >= 4 is 11.3 Å². The van der Waals surface area contributed by atoms with E-state index in [0.29, 0.717) is 6.04 Å². The highest BCUT2D eigenvalue weighted by Crippen LogP contribution is 2.38. The van der Waals surface area contributed by atoms with Crippen LogP contribution in [0.5, 0.6) is 0 Å². The van der Waals surface area contributed by atoms with Crippen molar-refractivity contribution in [1.29, 1.82) is 0 Å². The highest BCUT2D eigenvalue weighted by molar-refractivity contribution is 7.09. The lowest BCUT2D eigenvalue weighted by Gasteiger charge is -2.32. The largest absolute Gasteiger partial charge is 0.311 e. The molecule has 2 rings (SSSR count). The number of nitrogens with zero attached hydrogens (tertiary/aromatic N) is 1. The van der Waals surface area contributed by atoms with Gasteiger partial charge in [-0.15, -0.1) is 11.3 Å². The summed E-state index contributed by atoms with van der Waals surface area (Å²) in [5.74, 6) is 0.829. The van der Waals surface area contributed by atoms with Crippen LogP contribution in [0.25, 0.3) is 0 Å². The molecule has 13 heavy (non-hydrogen) atoms. The van der Waals surface area contributed by atoms with Gasteiger partial charge in [0, 0.05) is 11.1 Å². The summed E-state index contributed by atoms with van der Waals surface area (Å²) in [6, 6.07) is 0.507. The first-order valence-corrected chi connectivity index (χ1v) is 5.78. The summed E-state index contributed by atoms with van der Waals surface area (Å²) >= 11 is 1.79. The minimum absolute atomic E-state index is 0.507. The topological polar surface area (TPSA) is 24.9 Å². The van der Waals surface area contributed by atoms with Crippen LogP contribution in [0.1, 0.15) is 36.0 Å². The number of thiazole rings is 1. The summed E-state index contributed by atoms with van der Waals surface area (Å²) in [4.78, 5) is 4.54. The molecule has 1 N–H and O–H groups in total. The number of aromatic nitrogens is 1. The fraction of sp³-hybridized carbons (Fsp3) is 0.700. The Labute approximate surface area is 83.4 Å². The van der Waals surface area contributed by atoms with Crippen molar-refractivity contribution in [1.82, 2.24) is 10.3 Å². The minimum atomic E-state index is 0.507. The SMILES string of the molecule is CNC(c1nc(C)cs1)C1CCC1. The van der Waals surface area contributed by atoms with E-state index in [0.717, 1.165) is 11.6 Å². The Balaban J connectivity index is 2.11. The van der Waals surface area contributed by atoms with Crippen LogP contribution in [0, 0.1) is 12.8 Å². The van der Waals surface area contributed by atoms with E-state index in [-0.39, 0.29) is 0 Å². The van der Waals surface area contributed by atoms with E-state index in [9.17, 15) is 0 Å². The quantitative estimate of drug-likeness (QED) is 0.803. The molecular formula is C10H16N2S. The normalized spacial score (nSPS) is 19.8. The van der Waals surface area contributed by atoms with E-state index in [1.165, 1.54) is 24.3 Å². The molecule has 1 aromatic heterocycles. The van der Waals surface area contributed by atoms with Crippen LogP contribution in [0.15, 0.2) is 5.38 Å². The van der Waals surface area contributed by atoms with Gasteiger partial charge in [0.1, 0.15) is 5.01 Å². The van der Waals surface area contributed by atoms with Gasteiger partial charge in [-0.1, -0.05) is 6.42 Å². The number of hydrogen-bond acceptors (Lipinski definition) is 3. The molecule has 0 saturated heterocycles. The maximum absolute atomic E-state index is 4.54. The molecule has 0 radical (unpaired) electrons. The molecule has 1 fully saturated rings. The molecule has 1 unspecified atom stereocenters. The van der Waals surface area contributed by atoms with E-state index < -0.39 is 0 Å². The lowest BCUT2D eigenvalue weighted by atomic mass is 9.80. The van der Waals surface area contributed by atoms with Gasteiger partial charge in [-0.25, -0.2) is 4.98 Å². The molecule has 0 amide bonds. The third-order valence-electron chi connectivity index (χ3n) is 2.84. The maximum Gasteiger partial charge on any atom is 0.110 e. The summed E-state index contributed by atoms with van der Waals surface area (Å²) in [6.07, 6.45) is 4.13. The van der Waals surface area contributed by atoms with Crippen molar-refractivity contribution in [3.8, 4) is 0 Å². The second kappa shape index (κ2) is 3.76. The molecule has 1 aliphatic rings. The molecule has 1 saturated carbocycles. The van der Waals surface area contributed by atoms with Crippen LogP contribution < -0.4 is 5.32 Å². The fourth-order valence-corrected chi connectivity index (χ4v) is 2.85. The number of aryl methyl sites for hydroxylation is 1. The Kier molecular flexibility index (Phi) is 2.65. The van der Waals surface area contributed by atoms with Crippen LogP contribution >= 0.6 is 11.3 Å². The molecule has 1 heterocycles. The molecule has 72 valence electrons. The van der Waals surface area contributed by atoms with E-state index >= 15 is 0 Å². The van der Waals surface area contributed by atoms with Crippen LogP contribution in [0.2, 0.25) is 0 Å². The molecule has 1 aromatic rings. The molecule has 2 nitrogen and oxygen atoms in total. The second-order valence-electron chi connectivity index (χ2n) is 3.78. The zero-order chi connectivity index (χ0) is 9.26. The summed E-state index contributed by atoms with van der Waals surface area (Å²) in [6.45, 7) is 2.06. The first-order chi connectivity index (χ1) is 6.31. The molecular weight excluding hydrogens is 180 g/mol. The van der Waals surface area contributed by atoms with E-state index in [1.807, 2.05) is 7.05 Å². The van der Waals surface area contributed by atoms with Gasteiger partial charge in [-0.05, 0) is 32.7 Å². The van der Waals surface area contributed by atoms with E-state index in [4.69, 9.17) is 0 Å². The van der Waals surface area contributed by atoms with Gasteiger partial charge in [0.2, 0.25) is 0 Å². The standard InChI is InChI=1S/C10H16N2S/c1-7-6-13-10(12-7)9(11-2)8-4-3-5-8/h6,8-9,11H,3-5H2,1-2H3. The van der Waals surface area contributed by atoms with Gasteiger partial charge in [0.25, 0.3) is 0 Å². The van der Waals surface area contributed by atoms with Crippen molar-refractivity contribution in [3.63, 3.8) is 0 Å². The third-order valence-corrected chi connectivity index (χ3v) is 3.88. The molecule has 0 spiro atoms. The minimum Gasteiger partial charge on any atom is -0.311 e. The highest BCUT2D eigenvalue weighted by Gasteiger charge is 2.28. The van der Waals surface area contributed by atoms with E-state index in [1.54, 1.807) is 11.3 Å². The molecule has 1 aliphatic carbocycles. The molecule has 0 aliphatic heterocycles. The Morgan fingerprint density at radius 1 is 1.62 bits per heavy atom. The van der Waals surface area contributed by atoms with E-state index in [2.05, 4.69) is 22.6 Å². The average molecular weight is 196 g/mol. The number of rotatable bonds is 3. The van der Waals surface area contributed by atoms with Gasteiger partial charge >= 0.3 is 0 Å². The predicted octanol–water partition coefficient (Wildman–Crippen LogP) is 2.51. The summed E-state index contributed by atoms with van der Waals surface area (Å²) in [5.41, 5.74) is 1.15. The summed E-state index contributed by atoms with van der Waals surface area (Å²) in [7, 11) is 2.04. The molecule has 0 bridgehead atoms. The van der Waals surface area contributed by atoms with Gasteiger partial charge < -0.3 is 5.32 Å². The Morgan fingerprint density at radius 2 is 2.38 bits per heavy atom. The van der Waals surface area contributed by atoms with Crippen LogP contribution in [0.3, 0.4) is 0 Å². The molecule has 0 aromatic carbocycles. The molecule has 1 atom stereocenters. The second-order valence-corrected chi connectivity index (χ2v) is 4.67. The molecule has 3 heteroatoms. The van der Waals surface area contributed by atoms with Gasteiger partial charge in [0.15, 0.2) is 0 Å². The smallest absolute Gasteiger partial charge is 0.110 e. The van der Waals surface area contributed by atoms with Crippen molar-refractivity contribution < 1.29 is 0 Å². The number of nitrogens with one attached hydrogen (secondary N) is 1. The van der Waals surface area contributed by atoms with Crippen molar-refractivity contribution in [2.24, 2.45) is 5.92 Å². The van der Waals surface area contributed by atoms with Crippen LogP contribution in [0.4, 0.5) is 0 Å².